The molecule has 22 heavy (non-hydrogen) atoms. The minimum Gasteiger partial charge on any atom is -0.297 e. The van der Waals surface area contributed by atoms with Gasteiger partial charge in [0, 0.05) is 17.5 Å². The van der Waals surface area contributed by atoms with Crippen LogP contribution in [0.5, 0.6) is 0 Å². The molecule has 3 rings (SSSR count). The lowest BCUT2D eigenvalue weighted by atomic mass is 10.2. The number of nitrogens with zero attached hydrogens (tertiary/aromatic N) is 2. The average Bonchev–Trinajstić information content (AvgIpc) is 2.85. The van der Waals surface area contributed by atoms with E-state index in [4.69, 9.17) is 12.2 Å². The first-order valence-electron chi connectivity index (χ1n) is 7.16. The van der Waals surface area contributed by atoms with Crippen LogP contribution in [0.25, 0.3) is 5.69 Å². The highest BCUT2D eigenvalue weighted by atomic mass is 32.1. The maximum Gasteiger partial charge on any atom is 0.136 e. The lowest BCUT2D eigenvalue weighted by Gasteiger charge is -2.01. The van der Waals surface area contributed by atoms with Crippen molar-refractivity contribution in [1.82, 2.24) is 9.78 Å². The summed E-state index contributed by atoms with van der Waals surface area (Å²) in [6, 6.07) is 20.2. The zero-order valence-electron chi connectivity index (χ0n) is 12.4. The zero-order valence-corrected chi connectivity index (χ0v) is 13.2. The number of hydrogen-bond acceptors (Lipinski definition) is 2. The van der Waals surface area contributed by atoms with Crippen LogP contribution in [0, 0.1) is 11.6 Å². The number of aromatic amines is 1. The van der Waals surface area contributed by atoms with Crippen molar-refractivity contribution in [2.75, 3.05) is 0 Å². The second-order valence-electron chi connectivity index (χ2n) is 5.08. The fourth-order valence-electron chi connectivity index (χ4n) is 2.30. The van der Waals surface area contributed by atoms with Gasteiger partial charge in [-0.25, -0.2) is 4.68 Å². The standard InChI is InChI=1S/C18H17N3S/c1-14-17(13-19-12-15-8-4-2-5-9-15)18(22)21(20-14)16-10-6-3-7-11-16/h2-11,13,20H,12H2,1H3. The molecule has 1 N–H and O–H groups in total. The summed E-state index contributed by atoms with van der Waals surface area (Å²) < 4.78 is 2.66. The Hall–Kier alpha value is -2.46. The van der Waals surface area contributed by atoms with Gasteiger partial charge in [0.2, 0.25) is 0 Å². The Labute approximate surface area is 135 Å². The van der Waals surface area contributed by atoms with E-state index in [9.17, 15) is 0 Å². The van der Waals surface area contributed by atoms with Crippen LogP contribution >= 0.6 is 12.2 Å². The Kier molecular flexibility index (Phi) is 4.30. The predicted octanol–water partition coefficient (Wildman–Crippen LogP) is 4.46. The Morgan fingerprint density at radius 3 is 2.36 bits per heavy atom. The molecule has 2 aromatic carbocycles. The molecule has 0 bridgehead atoms. The van der Waals surface area contributed by atoms with Crippen molar-refractivity contribution in [3.63, 3.8) is 0 Å². The SMILES string of the molecule is Cc1[nH]n(-c2ccccc2)c(=S)c1C=NCc1ccccc1. The molecule has 110 valence electrons. The van der Waals surface area contributed by atoms with Gasteiger partial charge in [0.25, 0.3) is 0 Å². The third kappa shape index (κ3) is 3.07. The number of nitrogens with one attached hydrogen (secondary N) is 1. The molecule has 0 unspecified atom stereocenters. The first-order chi connectivity index (χ1) is 10.8. The van der Waals surface area contributed by atoms with E-state index in [1.807, 2.05) is 66.4 Å². The molecule has 1 heterocycles. The molecule has 0 aliphatic rings. The molecular weight excluding hydrogens is 290 g/mol. The molecule has 0 aliphatic carbocycles. The van der Waals surface area contributed by atoms with Crippen LogP contribution in [0.2, 0.25) is 0 Å². The number of aromatic nitrogens is 2. The number of benzene rings is 2. The molecule has 0 atom stereocenters. The normalized spacial score (nSPS) is 11.1. The van der Waals surface area contributed by atoms with Gasteiger partial charge in [0.05, 0.1) is 12.2 Å². The molecule has 3 nitrogen and oxygen atoms in total. The lowest BCUT2D eigenvalue weighted by molar-refractivity contribution is 0.853. The highest BCUT2D eigenvalue weighted by Gasteiger charge is 2.06. The van der Waals surface area contributed by atoms with E-state index >= 15 is 0 Å². The second-order valence-corrected chi connectivity index (χ2v) is 5.47. The topological polar surface area (TPSA) is 33.1 Å². The molecule has 0 aliphatic heterocycles. The van der Waals surface area contributed by atoms with Crippen LogP contribution < -0.4 is 0 Å². The van der Waals surface area contributed by atoms with Crippen molar-refractivity contribution in [1.29, 1.82) is 0 Å². The monoisotopic (exact) mass is 307 g/mol. The summed E-state index contributed by atoms with van der Waals surface area (Å²) in [5, 5.41) is 3.30. The van der Waals surface area contributed by atoms with Crippen molar-refractivity contribution in [3.8, 4) is 5.69 Å². The summed E-state index contributed by atoms with van der Waals surface area (Å²) in [7, 11) is 0. The molecule has 0 radical (unpaired) electrons. The van der Waals surface area contributed by atoms with Gasteiger partial charge in [0.1, 0.15) is 4.64 Å². The van der Waals surface area contributed by atoms with Gasteiger partial charge < -0.3 is 0 Å². The molecule has 0 spiro atoms. The van der Waals surface area contributed by atoms with Crippen molar-refractivity contribution >= 4 is 18.4 Å². The summed E-state index contributed by atoms with van der Waals surface area (Å²) >= 11 is 5.57. The van der Waals surface area contributed by atoms with Gasteiger partial charge >= 0.3 is 0 Å². The Morgan fingerprint density at radius 1 is 1.05 bits per heavy atom. The van der Waals surface area contributed by atoms with Crippen LogP contribution in [0.1, 0.15) is 16.8 Å². The third-order valence-electron chi connectivity index (χ3n) is 3.47. The number of hydrogen-bond donors (Lipinski definition) is 1. The Bertz CT molecular complexity index is 830. The van der Waals surface area contributed by atoms with E-state index in [1.54, 1.807) is 0 Å². The quantitative estimate of drug-likeness (QED) is 0.560. The molecule has 0 fully saturated rings. The molecule has 0 saturated carbocycles. The van der Waals surface area contributed by atoms with Gasteiger partial charge in [-0.3, -0.25) is 10.1 Å². The lowest BCUT2D eigenvalue weighted by Crippen LogP contribution is -1.95. The first-order valence-corrected chi connectivity index (χ1v) is 7.57. The van der Waals surface area contributed by atoms with Crippen LogP contribution in [0.4, 0.5) is 0 Å². The Balaban J connectivity index is 1.86. The zero-order chi connectivity index (χ0) is 15.4. The Morgan fingerprint density at radius 2 is 1.68 bits per heavy atom. The third-order valence-corrected chi connectivity index (χ3v) is 3.87. The van der Waals surface area contributed by atoms with Gasteiger partial charge in [-0.2, -0.15) is 0 Å². The maximum atomic E-state index is 5.57. The maximum absolute atomic E-state index is 5.57. The summed E-state index contributed by atoms with van der Waals surface area (Å²) in [5.74, 6) is 0. The van der Waals surface area contributed by atoms with E-state index in [0.717, 1.165) is 21.6 Å². The minimum absolute atomic E-state index is 0.658. The van der Waals surface area contributed by atoms with Crippen molar-refractivity contribution in [2.24, 2.45) is 4.99 Å². The van der Waals surface area contributed by atoms with E-state index in [1.165, 1.54) is 5.56 Å². The summed E-state index contributed by atoms with van der Waals surface area (Å²) in [4.78, 5) is 4.52. The molecule has 4 heteroatoms. The molecule has 0 amide bonds. The van der Waals surface area contributed by atoms with Gasteiger partial charge in [-0.05, 0) is 24.6 Å². The van der Waals surface area contributed by atoms with Crippen LogP contribution in [0.15, 0.2) is 65.7 Å². The van der Waals surface area contributed by atoms with E-state index in [0.29, 0.717) is 6.54 Å². The molecule has 0 saturated heterocycles. The highest BCUT2D eigenvalue weighted by Crippen LogP contribution is 2.13. The fraction of sp³-hybridized carbons (Fsp3) is 0.111. The largest absolute Gasteiger partial charge is 0.297 e. The number of rotatable bonds is 4. The molecule has 3 aromatic rings. The minimum atomic E-state index is 0.658. The van der Waals surface area contributed by atoms with Crippen LogP contribution in [-0.2, 0) is 6.54 Å². The van der Waals surface area contributed by atoms with E-state index in [-0.39, 0.29) is 0 Å². The van der Waals surface area contributed by atoms with Crippen LogP contribution in [0.3, 0.4) is 0 Å². The summed E-state index contributed by atoms with van der Waals surface area (Å²) in [6.45, 7) is 2.67. The summed E-state index contributed by atoms with van der Waals surface area (Å²) in [5.41, 5.74) is 4.20. The van der Waals surface area contributed by atoms with Gasteiger partial charge in [-0.1, -0.05) is 60.7 Å². The second kappa shape index (κ2) is 6.54. The van der Waals surface area contributed by atoms with Crippen molar-refractivity contribution in [3.05, 3.63) is 82.1 Å². The average molecular weight is 307 g/mol. The van der Waals surface area contributed by atoms with Gasteiger partial charge in [-0.15, -0.1) is 0 Å². The number of aliphatic imine (C=N–C) groups is 1. The highest BCUT2D eigenvalue weighted by molar-refractivity contribution is 7.71. The number of H-pyrrole nitrogens is 1. The van der Waals surface area contributed by atoms with Crippen molar-refractivity contribution < 1.29 is 0 Å². The van der Waals surface area contributed by atoms with E-state index in [2.05, 4.69) is 22.2 Å². The molecular formula is C18H17N3S. The van der Waals surface area contributed by atoms with Crippen molar-refractivity contribution in [2.45, 2.75) is 13.5 Å². The number of para-hydroxylation sites is 1. The number of aryl methyl sites for hydroxylation is 1. The fourth-order valence-corrected chi connectivity index (χ4v) is 2.65. The summed E-state index contributed by atoms with van der Waals surface area (Å²) in [6.07, 6.45) is 1.86. The van der Waals surface area contributed by atoms with E-state index < -0.39 is 0 Å². The van der Waals surface area contributed by atoms with Gasteiger partial charge in [0.15, 0.2) is 0 Å². The molecule has 1 aromatic heterocycles. The van der Waals surface area contributed by atoms with Crippen LogP contribution in [-0.4, -0.2) is 16.0 Å². The predicted molar refractivity (Wildman–Crippen MR) is 93.4 cm³/mol. The first kappa shape index (κ1) is 14.5. The smallest absolute Gasteiger partial charge is 0.136 e.